The molecule has 1 aromatic carbocycles. The standard InChI is InChI=1S/C18H23ClF2N4O2S2/c1-22-12(6-11-4-2-3-5-11)9-23-15-8-14(20)16(7-13(15)19)29(26,27)25-18-24-10-17(21)28-18/h7-8,10-12,22-23H,2-6,9H2,1H3,(H,24,25)/t12-/m1/s1. The van der Waals surface area contributed by atoms with Gasteiger partial charge in [-0.25, -0.2) is 17.8 Å². The topological polar surface area (TPSA) is 83.1 Å². The van der Waals surface area contributed by atoms with Gasteiger partial charge in [0, 0.05) is 12.6 Å². The molecular weight excluding hydrogens is 442 g/mol. The maximum atomic E-state index is 14.5. The van der Waals surface area contributed by atoms with E-state index in [1.165, 1.54) is 25.7 Å². The molecule has 0 aliphatic heterocycles. The molecule has 0 unspecified atom stereocenters. The summed E-state index contributed by atoms with van der Waals surface area (Å²) >= 11 is 6.70. The number of anilines is 2. The third kappa shape index (κ3) is 5.78. The average Bonchev–Trinajstić information content (AvgIpc) is 3.32. The zero-order valence-electron chi connectivity index (χ0n) is 15.8. The van der Waals surface area contributed by atoms with Crippen LogP contribution in [0.3, 0.4) is 0 Å². The molecule has 2 aromatic rings. The van der Waals surface area contributed by atoms with Crippen molar-refractivity contribution in [3.8, 4) is 0 Å². The van der Waals surface area contributed by atoms with E-state index in [0.29, 0.717) is 29.5 Å². The maximum absolute atomic E-state index is 14.5. The Balaban J connectivity index is 1.69. The summed E-state index contributed by atoms with van der Waals surface area (Å²) < 4.78 is 54.4. The number of thiazole rings is 1. The number of halogens is 3. The van der Waals surface area contributed by atoms with Crippen LogP contribution in [0, 0.1) is 16.9 Å². The van der Waals surface area contributed by atoms with Crippen LogP contribution in [0.15, 0.2) is 23.2 Å². The zero-order chi connectivity index (χ0) is 21.0. The van der Waals surface area contributed by atoms with Crippen molar-refractivity contribution in [1.29, 1.82) is 0 Å². The molecule has 11 heteroatoms. The quantitative estimate of drug-likeness (QED) is 0.510. The Hall–Kier alpha value is -1.49. The second kappa shape index (κ2) is 9.55. The lowest BCUT2D eigenvalue weighted by Crippen LogP contribution is -2.34. The number of hydrogen-bond donors (Lipinski definition) is 3. The van der Waals surface area contributed by atoms with Gasteiger partial charge in [0.25, 0.3) is 10.0 Å². The summed E-state index contributed by atoms with van der Waals surface area (Å²) in [7, 11) is -2.41. The number of rotatable bonds is 9. The van der Waals surface area contributed by atoms with Crippen LogP contribution in [0.2, 0.25) is 5.02 Å². The minimum Gasteiger partial charge on any atom is -0.382 e. The van der Waals surface area contributed by atoms with Gasteiger partial charge in [0.2, 0.25) is 0 Å². The van der Waals surface area contributed by atoms with Gasteiger partial charge in [-0.1, -0.05) is 48.6 Å². The van der Waals surface area contributed by atoms with E-state index in [-0.39, 0.29) is 16.2 Å². The molecule has 0 radical (unpaired) electrons. The number of benzene rings is 1. The third-order valence-electron chi connectivity index (χ3n) is 5.05. The Morgan fingerprint density at radius 3 is 2.66 bits per heavy atom. The molecule has 1 atom stereocenters. The van der Waals surface area contributed by atoms with Gasteiger partial charge >= 0.3 is 0 Å². The molecule has 6 nitrogen and oxygen atoms in total. The van der Waals surface area contributed by atoms with Crippen molar-refractivity contribution in [3.05, 3.63) is 34.3 Å². The summed E-state index contributed by atoms with van der Waals surface area (Å²) in [4.78, 5) is 2.95. The molecule has 1 heterocycles. The van der Waals surface area contributed by atoms with Crippen LogP contribution in [0.1, 0.15) is 32.1 Å². The third-order valence-corrected chi connectivity index (χ3v) is 7.55. The molecule has 0 spiro atoms. The fourth-order valence-corrected chi connectivity index (χ4v) is 5.69. The van der Waals surface area contributed by atoms with Crippen LogP contribution in [0.25, 0.3) is 0 Å². The van der Waals surface area contributed by atoms with E-state index < -0.39 is 25.9 Å². The highest BCUT2D eigenvalue weighted by molar-refractivity contribution is 7.93. The van der Waals surface area contributed by atoms with Crippen molar-refractivity contribution in [3.63, 3.8) is 0 Å². The molecular formula is C18H23ClF2N4O2S2. The molecule has 1 aliphatic carbocycles. The molecule has 0 bridgehead atoms. The second-order valence-corrected chi connectivity index (χ2v) is 10.1. The van der Waals surface area contributed by atoms with Crippen LogP contribution in [0.5, 0.6) is 0 Å². The van der Waals surface area contributed by atoms with Crippen molar-refractivity contribution in [2.45, 2.75) is 43.0 Å². The Kier molecular flexibility index (Phi) is 7.31. The Morgan fingerprint density at radius 1 is 1.31 bits per heavy atom. The molecule has 160 valence electrons. The normalized spacial score (nSPS) is 16.1. The van der Waals surface area contributed by atoms with E-state index in [0.717, 1.165) is 24.8 Å². The van der Waals surface area contributed by atoms with E-state index in [1.807, 2.05) is 7.05 Å². The predicted octanol–water partition coefficient (Wildman–Crippen LogP) is 4.46. The first-order chi connectivity index (χ1) is 13.8. The van der Waals surface area contributed by atoms with Crippen molar-refractivity contribution >= 4 is 43.8 Å². The SMILES string of the molecule is CN[C@@H](CNc1cc(F)c(S(=O)(=O)Nc2ncc(F)s2)cc1Cl)CC1CCCC1. The highest BCUT2D eigenvalue weighted by atomic mass is 35.5. The lowest BCUT2D eigenvalue weighted by molar-refractivity contribution is 0.415. The van der Waals surface area contributed by atoms with Gasteiger partial charge in [0.15, 0.2) is 10.3 Å². The number of sulfonamides is 1. The van der Waals surface area contributed by atoms with Crippen molar-refractivity contribution < 1.29 is 17.2 Å². The van der Waals surface area contributed by atoms with Gasteiger partial charge in [0.05, 0.1) is 16.9 Å². The van der Waals surface area contributed by atoms with Gasteiger partial charge in [-0.15, -0.1) is 0 Å². The summed E-state index contributed by atoms with van der Waals surface area (Å²) in [5, 5.41) is 5.59. The molecule has 1 aromatic heterocycles. The fraction of sp³-hybridized carbons (Fsp3) is 0.500. The van der Waals surface area contributed by atoms with Crippen LogP contribution in [-0.4, -0.2) is 33.0 Å². The number of nitrogens with one attached hydrogen (secondary N) is 3. The lowest BCUT2D eigenvalue weighted by Gasteiger charge is -2.21. The lowest BCUT2D eigenvalue weighted by atomic mass is 9.98. The van der Waals surface area contributed by atoms with Gasteiger partial charge in [-0.05, 0) is 31.5 Å². The highest BCUT2D eigenvalue weighted by Gasteiger charge is 2.24. The number of nitrogens with zero attached hydrogens (tertiary/aromatic N) is 1. The van der Waals surface area contributed by atoms with Crippen LogP contribution in [0.4, 0.5) is 19.6 Å². The molecule has 0 amide bonds. The monoisotopic (exact) mass is 464 g/mol. The van der Waals surface area contributed by atoms with Crippen molar-refractivity contribution in [1.82, 2.24) is 10.3 Å². The summed E-state index contributed by atoms with van der Waals surface area (Å²) in [5.74, 6) is -0.269. The highest BCUT2D eigenvalue weighted by Crippen LogP contribution is 2.31. The Morgan fingerprint density at radius 2 is 2.03 bits per heavy atom. The fourth-order valence-electron chi connectivity index (χ4n) is 3.53. The average molecular weight is 465 g/mol. The summed E-state index contributed by atoms with van der Waals surface area (Å²) in [6.07, 6.45) is 6.89. The minimum atomic E-state index is -4.29. The largest absolute Gasteiger partial charge is 0.382 e. The van der Waals surface area contributed by atoms with E-state index in [2.05, 4.69) is 20.3 Å². The van der Waals surface area contributed by atoms with E-state index in [4.69, 9.17) is 11.6 Å². The van der Waals surface area contributed by atoms with Crippen molar-refractivity contribution in [2.75, 3.05) is 23.6 Å². The van der Waals surface area contributed by atoms with E-state index in [9.17, 15) is 17.2 Å². The first-order valence-corrected chi connectivity index (χ1v) is 12.0. The number of aromatic nitrogens is 1. The first-order valence-electron chi connectivity index (χ1n) is 9.33. The van der Waals surface area contributed by atoms with Gasteiger partial charge in [0.1, 0.15) is 10.7 Å². The summed E-state index contributed by atoms with van der Waals surface area (Å²) in [6.45, 7) is 0.537. The minimum absolute atomic E-state index is 0.0767. The van der Waals surface area contributed by atoms with Crippen LogP contribution in [-0.2, 0) is 10.0 Å². The molecule has 3 N–H and O–H groups in total. The number of hydrogen-bond acceptors (Lipinski definition) is 6. The van der Waals surface area contributed by atoms with E-state index >= 15 is 0 Å². The smallest absolute Gasteiger partial charge is 0.266 e. The van der Waals surface area contributed by atoms with Crippen LogP contribution < -0.4 is 15.4 Å². The molecule has 1 saturated carbocycles. The molecule has 1 fully saturated rings. The second-order valence-electron chi connectivity index (χ2n) is 7.09. The van der Waals surface area contributed by atoms with Crippen LogP contribution >= 0.6 is 22.9 Å². The van der Waals surface area contributed by atoms with Gasteiger partial charge < -0.3 is 10.6 Å². The molecule has 3 rings (SSSR count). The van der Waals surface area contributed by atoms with Gasteiger partial charge in [-0.2, -0.15) is 4.39 Å². The number of likely N-dealkylation sites (N-methyl/N-ethyl adjacent to an activating group) is 1. The van der Waals surface area contributed by atoms with Crippen molar-refractivity contribution in [2.24, 2.45) is 5.92 Å². The predicted molar refractivity (Wildman–Crippen MR) is 112 cm³/mol. The maximum Gasteiger partial charge on any atom is 0.266 e. The van der Waals surface area contributed by atoms with Gasteiger partial charge in [-0.3, -0.25) is 4.72 Å². The summed E-state index contributed by atoms with van der Waals surface area (Å²) in [6, 6.07) is 2.29. The van der Waals surface area contributed by atoms with E-state index in [1.54, 1.807) is 0 Å². The first kappa shape index (κ1) is 22.2. The molecule has 29 heavy (non-hydrogen) atoms. The zero-order valence-corrected chi connectivity index (χ0v) is 18.2. The molecule has 0 saturated heterocycles. The Bertz CT molecular complexity index is 949. The molecule has 1 aliphatic rings. The summed E-state index contributed by atoms with van der Waals surface area (Å²) in [5.41, 5.74) is 0.315. The Labute approximate surface area is 178 Å².